The van der Waals surface area contributed by atoms with Gasteiger partial charge in [-0.05, 0) is 42.7 Å². The molecule has 2 aromatic heterocycles. The lowest BCUT2D eigenvalue weighted by molar-refractivity contribution is -0.121. The maximum absolute atomic E-state index is 13.4. The van der Waals surface area contributed by atoms with Crippen molar-refractivity contribution in [3.05, 3.63) is 54.4 Å². The normalized spacial score (nSPS) is 14.1. The predicted octanol–water partition coefficient (Wildman–Crippen LogP) is 3.26. The van der Waals surface area contributed by atoms with Crippen LogP contribution in [0.3, 0.4) is 0 Å². The molecule has 1 aliphatic carbocycles. The summed E-state index contributed by atoms with van der Waals surface area (Å²) in [6, 6.07) is 7.28. The molecular formula is C18H15F2N3O. The highest BCUT2D eigenvalue weighted by molar-refractivity contribution is 5.84. The number of amides is 1. The number of carbonyl (C=O) groups is 1. The molecule has 1 N–H and O–H groups in total. The van der Waals surface area contributed by atoms with E-state index in [4.69, 9.17) is 0 Å². The first kappa shape index (κ1) is 14.8. The van der Waals surface area contributed by atoms with Gasteiger partial charge in [-0.25, -0.2) is 8.78 Å². The molecule has 0 unspecified atom stereocenters. The zero-order valence-corrected chi connectivity index (χ0v) is 12.8. The van der Waals surface area contributed by atoms with Crippen LogP contribution < -0.4 is 5.32 Å². The van der Waals surface area contributed by atoms with Gasteiger partial charge in [-0.15, -0.1) is 0 Å². The summed E-state index contributed by atoms with van der Waals surface area (Å²) in [6.07, 6.45) is 5.44. The van der Waals surface area contributed by atoms with E-state index in [1.165, 1.54) is 12.1 Å². The Morgan fingerprint density at radius 1 is 1.17 bits per heavy atom. The molecule has 24 heavy (non-hydrogen) atoms. The maximum atomic E-state index is 13.4. The molecule has 0 atom stereocenters. The Hall–Kier alpha value is -2.76. The van der Waals surface area contributed by atoms with Crippen molar-refractivity contribution in [3.63, 3.8) is 0 Å². The fourth-order valence-corrected chi connectivity index (χ4v) is 2.74. The van der Waals surface area contributed by atoms with Crippen LogP contribution in [-0.4, -0.2) is 21.5 Å². The first-order valence-electron chi connectivity index (χ1n) is 7.79. The van der Waals surface area contributed by atoms with E-state index in [1.807, 2.05) is 6.07 Å². The first-order chi connectivity index (χ1) is 11.6. The minimum atomic E-state index is -0.635. The van der Waals surface area contributed by atoms with Crippen molar-refractivity contribution in [3.8, 4) is 11.1 Å². The van der Waals surface area contributed by atoms with Crippen LogP contribution in [0.25, 0.3) is 22.2 Å². The largest absolute Gasteiger partial charge is 0.352 e. The number of hydrogen-bond donors (Lipinski definition) is 1. The van der Waals surface area contributed by atoms with Crippen molar-refractivity contribution in [2.24, 2.45) is 0 Å². The highest BCUT2D eigenvalue weighted by Gasteiger charge is 2.23. The van der Waals surface area contributed by atoms with Gasteiger partial charge in [0.2, 0.25) is 5.91 Å². The van der Waals surface area contributed by atoms with E-state index < -0.39 is 11.6 Å². The average molecular weight is 327 g/mol. The Balaban J connectivity index is 1.68. The second-order valence-electron chi connectivity index (χ2n) is 6.07. The van der Waals surface area contributed by atoms with E-state index in [2.05, 4.69) is 10.3 Å². The Bertz CT molecular complexity index is 911. The summed E-state index contributed by atoms with van der Waals surface area (Å²) in [5.41, 5.74) is 2.50. The van der Waals surface area contributed by atoms with Crippen molar-refractivity contribution < 1.29 is 13.6 Å². The van der Waals surface area contributed by atoms with Crippen LogP contribution in [-0.2, 0) is 11.3 Å². The van der Waals surface area contributed by atoms with Crippen molar-refractivity contribution in [2.75, 3.05) is 0 Å². The average Bonchev–Trinajstić information content (AvgIpc) is 3.26. The number of pyridine rings is 1. The monoisotopic (exact) mass is 327 g/mol. The third-order valence-electron chi connectivity index (χ3n) is 4.07. The molecule has 4 nitrogen and oxygen atoms in total. The molecule has 4 rings (SSSR count). The summed E-state index contributed by atoms with van der Waals surface area (Å²) >= 11 is 0. The summed E-state index contributed by atoms with van der Waals surface area (Å²) < 4.78 is 28.6. The molecule has 2 heterocycles. The zero-order chi connectivity index (χ0) is 16.7. The molecular weight excluding hydrogens is 312 g/mol. The highest BCUT2D eigenvalue weighted by Crippen LogP contribution is 2.25. The lowest BCUT2D eigenvalue weighted by atomic mass is 10.1. The van der Waals surface area contributed by atoms with Crippen LogP contribution in [0.2, 0.25) is 0 Å². The quantitative estimate of drug-likeness (QED) is 0.799. The fourth-order valence-electron chi connectivity index (χ4n) is 2.74. The van der Waals surface area contributed by atoms with Gasteiger partial charge >= 0.3 is 0 Å². The number of carbonyl (C=O) groups excluding carboxylic acids is 1. The molecule has 0 spiro atoms. The molecule has 0 bridgehead atoms. The molecule has 1 fully saturated rings. The Kier molecular flexibility index (Phi) is 3.52. The van der Waals surface area contributed by atoms with Crippen LogP contribution in [0.5, 0.6) is 0 Å². The summed E-state index contributed by atoms with van der Waals surface area (Å²) in [5, 5.41) is 2.94. The molecule has 1 amide bonds. The van der Waals surface area contributed by atoms with E-state index in [1.54, 1.807) is 23.0 Å². The molecule has 0 aliphatic heterocycles. The standard InChI is InChI=1S/C18H15F2N3O/c19-13-5-11(6-14(20)8-13)12-7-17-16(21-9-12)3-4-23(17)10-18(24)22-15-1-2-15/h3-9,15H,1-2,10H2,(H,22,24). The van der Waals surface area contributed by atoms with Gasteiger partial charge in [0.1, 0.15) is 18.2 Å². The van der Waals surface area contributed by atoms with Crippen LogP contribution in [0, 0.1) is 11.6 Å². The number of aromatic nitrogens is 2. The first-order valence-corrected chi connectivity index (χ1v) is 7.79. The van der Waals surface area contributed by atoms with Gasteiger partial charge in [0.05, 0.1) is 11.0 Å². The Labute approximate surface area is 137 Å². The smallest absolute Gasteiger partial charge is 0.240 e. The topological polar surface area (TPSA) is 46.9 Å². The molecule has 0 radical (unpaired) electrons. The molecule has 6 heteroatoms. The summed E-state index contributed by atoms with van der Waals surface area (Å²) in [5.74, 6) is -1.31. The third-order valence-corrected chi connectivity index (χ3v) is 4.07. The fraction of sp³-hybridized carbons (Fsp3) is 0.222. The molecule has 1 saturated carbocycles. The Morgan fingerprint density at radius 3 is 2.62 bits per heavy atom. The van der Waals surface area contributed by atoms with Crippen molar-refractivity contribution >= 4 is 16.9 Å². The van der Waals surface area contributed by atoms with Crippen LogP contribution >= 0.6 is 0 Å². The molecule has 0 saturated heterocycles. The van der Waals surface area contributed by atoms with E-state index in [9.17, 15) is 13.6 Å². The lowest BCUT2D eigenvalue weighted by Gasteiger charge is -2.08. The number of fused-ring (bicyclic) bond motifs is 1. The number of nitrogens with one attached hydrogen (secondary N) is 1. The summed E-state index contributed by atoms with van der Waals surface area (Å²) in [4.78, 5) is 16.3. The van der Waals surface area contributed by atoms with Crippen LogP contribution in [0.15, 0.2) is 42.7 Å². The van der Waals surface area contributed by atoms with E-state index in [0.29, 0.717) is 17.2 Å². The lowest BCUT2D eigenvalue weighted by Crippen LogP contribution is -2.29. The minimum Gasteiger partial charge on any atom is -0.352 e. The van der Waals surface area contributed by atoms with Gasteiger partial charge in [-0.2, -0.15) is 0 Å². The molecule has 1 aliphatic rings. The van der Waals surface area contributed by atoms with Gasteiger partial charge in [-0.3, -0.25) is 9.78 Å². The highest BCUT2D eigenvalue weighted by atomic mass is 19.1. The third kappa shape index (κ3) is 2.99. The van der Waals surface area contributed by atoms with Crippen molar-refractivity contribution in [1.82, 2.24) is 14.9 Å². The second kappa shape index (κ2) is 5.70. The van der Waals surface area contributed by atoms with Crippen LogP contribution in [0.4, 0.5) is 8.78 Å². The van der Waals surface area contributed by atoms with Gasteiger partial charge in [-0.1, -0.05) is 0 Å². The number of nitrogens with zero attached hydrogens (tertiary/aromatic N) is 2. The van der Waals surface area contributed by atoms with E-state index in [-0.39, 0.29) is 12.5 Å². The molecule has 3 aromatic rings. The summed E-state index contributed by atoms with van der Waals surface area (Å²) in [6.45, 7) is 0.197. The number of rotatable bonds is 4. The van der Waals surface area contributed by atoms with Gasteiger partial charge in [0, 0.05) is 30.1 Å². The SMILES string of the molecule is O=C(Cn1ccc2ncc(-c3cc(F)cc(F)c3)cc21)NC1CC1. The number of hydrogen-bond acceptors (Lipinski definition) is 2. The summed E-state index contributed by atoms with van der Waals surface area (Å²) in [7, 11) is 0. The van der Waals surface area contributed by atoms with Gasteiger partial charge in [0.15, 0.2) is 0 Å². The number of benzene rings is 1. The minimum absolute atomic E-state index is 0.0443. The molecule has 1 aromatic carbocycles. The van der Waals surface area contributed by atoms with Crippen LogP contribution in [0.1, 0.15) is 12.8 Å². The maximum Gasteiger partial charge on any atom is 0.240 e. The van der Waals surface area contributed by atoms with Crippen molar-refractivity contribution in [1.29, 1.82) is 0 Å². The van der Waals surface area contributed by atoms with Crippen molar-refractivity contribution in [2.45, 2.75) is 25.4 Å². The van der Waals surface area contributed by atoms with Gasteiger partial charge < -0.3 is 9.88 Å². The second-order valence-corrected chi connectivity index (χ2v) is 6.07. The zero-order valence-electron chi connectivity index (χ0n) is 12.8. The predicted molar refractivity (Wildman–Crippen MR) is 86.2 cm³/mol. The van der Waals surface area contributed by atoms with E-state index in [0.717, 1.165) is 29.9 Å². The number of halogens is 2. The van der Waals surface area contributed by atoms with Gasteiger partial charge in [0.25, 0.3) is 0 Å². The van der Waals surface area contributed by atoms with E-state index >= 15 is 0 Å². The Morgan fingerprint density at radius 2 is 1.92 bits per heavy atom. The molecule has 122 valence electrons.